The Hall–Kier alpha value is -2.98. The number of sulfonamides is 1. The van der Waals surface area contributed by atoms with E-state index in [1.54, 1.807) is 30.3 Å². The zero-order valence-corrected chi connectivity index (χ0v) is 14.4. The Morgan fingerprint density at radius 3 is 2.46 bits per heavy atom. The number of nitrogens with zero attached hydrogens (tertiary/aromatic N) is 1. The summed E-state index contributed by atoms with van der Waals surface area (Å²) in [4.78, 5) is 27.1. The Labute approximate surface area is 150 Å². The molecule has 2 amide bonds. The number of ether oxygens (including phenoxy) is 1. The largest absolute Gasteiger partial charge is 0.414 e. The number of amides is 2. The third kappa shape index (κ3) is 6.15. The van der Waals surface area contributed by atoms with Gasteiger partial charge in [0.2, 0.25) is 15.9 Å². The zero-order chi connectivity index (χ0) is 19.0. The first-order valence-corrected chi connectivity index (χ1v) is 9.16. The number of aliphatic hydroxyl groups excluding tert-OH is 1. The number of aromatic nitrogens is 1. The van der Waals surface area contributed by atoms with Gasteiger partial charge in [0.25, 0.3) is 5.91 Å². The van der Waals surface area contributed by atoms with Gasteiger partial charge in [-0.25, -0.2) is 22.9 Å². The number of benzene rings is 1. The van der Waals surface area contributed by atoms with E-state index in [2.05, 4.69) is 10.3 Å². The Kier molecular flexibility index (Phi) is 6.64. The fourth-order valence-electron chi connectivity index (χ4n) is 1.89. The van der Waals surface area contributed by atoms with Crippen LogP contribution in [0.3, 0.4) is 0 Å². The molecule has 0 aliphatic heterocycles. The van der Waals surface area contributed by atoms with Crippen LogP contribution >= 0.6 is 0 Å². The average molecular weight is 379 g/mol. The number of carbonyl (C=O) groups is 2. The lowest BCUT2D eigenvalue weighted by molar-refractivity contribution is 0.0981. The summed E-state index contributed by atoms with van der Waals surface area (Å²) in [5, 5.41) is 10.8. The molecule has 2 aromatic rings. The summed E-state index contributed by atoms with van der Waals surface area (Å²) in [5.74, 6) is -1.26. The predicted octanol–water partition coefficient (Wildman–Crippen LogP) is 0.422. The van der Waals surface area contributed by atoms with E-state index in [1.807, 2.05) is 4.72 Å². The number of hydrogen-bond donors (Lipinski definition) is 3. The van der Waals surface area contributed by atoms with Crippen molar-refractivity contribution in [2.24, 2.45) is 0 Å². The van der Waals surface area contributed by atoms with Crippen LogP contribution in [0.2, 0.25) is 0 Å². The molecule has 0 spiro atoms. The summed E-state index contributed by atoms with van der Waals surface area (Å²) in [6.07, 6.45) is 0.274. The van der Waals surface area contributed by atoms with Crippen molar-refractivity contribution in [1.82, 2.24) is 15.0 Å². The lowest BCUT2D eigenvalue weighted by Gasteiger charge is -2.08. The molecule has 10 heteroatoms. The fourth-order valence-corrected chi connectivity index (χ4v) is 3.00. The van der Waals surface area contributed by atoms with Gasteiger partial charge in [0.05, 0.1) is 17.9 Å². The van der Waals surface area contributed by atoms with Gasteiger partial charge in [-0.15, -0.1) is 0 Å². The number of pyridine rings is 1. The van der Waals surface area contributed by atoms with Crippen LogP contribution in [0.4, 0.5) is 4.79 Å². The molecular weight excluding hydrogens is 362 g/mol. The molecule has 9 nitrogen and oxygen atoms in total. The Bertz CT molecular complexity index is 853. The third-order valence-corrected chi connectivity index (χ3v) is 4.23. The second-order valence-corrected chi connectivity index (χ2v) is 6.82. The van der Waals surface area contributed by atoms with E-state index >= 15 is 0 Å². The minimum absolute atomic E-state index is 0.00949. The smallest absolute Gasteiger partial charge is 0.395 e. The second kappa shape index (κ2) is 8.92. The van der Waals surface area contributed by atoms with E-state index in [0.717, 1.165) is 6.20 Å². The van der Waals surface area contributed by atoms with Crippen molar-refractivity contribution in [2.45, 2.75) is 5.75 Å². The van der Waals surface area contributed by atoms with E-state index in [9.17, 15) is 18.0 Å². The van der Waals surface area contributed by atoms with Crippen LogP contribution in [-0.4, -0.2) is 43.7 Å². The summed E-state index contributed by atoms with van der Waals surface area (Å²) in [5.41, 5.74) is 0.535. The molecule has 0 saturated carbocycles. The average Bonchev–Trinajstić information content (AvgIpc) is 2.60. The first-order chi connectivity index (χ1) is 12.4. The molecular formula is C16H17N3O6S. The second-order valence-electron chi connectivity index (χ2n) is 5.10. The number of carbonyl (C=O) groups excluding carboxylic acids is 2. The van der Waals surface area contributed by atoms with Crippen LogP contribution < -0.4 is 14.8 Å². The number of hydrogen-bond acceptors (Lipinski definition) is 7. The summed E-state index contributed by atoms with van der Waals surface area (Å²) in [7, 11) is -3.87. The molecule has 0 radical (unpaired) electrons. The molecule has 3 N–H and O–H groups in total. The summed E-state index contributed by atoms with van der Waals surface area (Å²) in [6.45, 7) is -0.211. The lowest BCUT2D eigenvalue weighted by atomic mass is 10.2. The van der Waals surface area contributed by atoms with Crippen LogP contribution in [0.25, 0.3) is 0 Å². The summed E-state index contributed by atoms with van der Waals surface area (Å²) in [6, 6.07) is 11.0. The monoisotopic (exact) mass is 379 g/mol. The van der Waals surface area contributed by atoms with Crippen LogP contribution in [0, 0.1) is 0 Å². The van der Waals surface area contributed by atoms with Gasteiger partial charge in [0.15, 0.2) is 0 Å². The van der Waals surface area contributed by atoms with Crippen molar-refractivity contribution in [3.05, 3.63) is 59.8 Å². The molecule has 1 aromatic carbocycles. The third-order valence-electron chi connectivity index (χ3n) is 3.02. The van der Waals surface area contributed by atoms with Gasteiger partial charge in [0, 0.05) is 18.8 Å². The van der Waals surface area contributed by atoms with Crippen molar-refractivity contribution in [2.75, 3.05) is 13.2 Å². The molecule has 138 valence electrons. The Morgan fingerprint density at radius 2 is 1.85 bits per heavy atom. The summed E-state index contributed by atoms with van der Waals surface area (Å²) < 4.78 is 30.9. The Morgan fingerprint density at radius 1 is 1.12 bits per heavy atom. The highest BCUT2D eigenvalue weighted by molar-refractivity contribution is 7.89. The van der Waals surface area contributed by atoms with Gasteiger partial charge in [-0.05, 0) is 11.6 Å². The minimum atomic E-state index is -3.87. The maximum absolute atomic E-state index is 12.0. The van der Waals surface area contributed by atoms with E-state index in [0.29, 0.717) is 5.56 Å². The van der Waals surface area contributed by atoms with E-state index < -0.39 is 22.0 Å². The number of aliphatic hydroxyl groups is 1. The number of nitrogens with one attached hydrogen (secondary N) is 2. The van der Waals surface area contributed by atoms with Gasteiger partial charge in [-0.2, -0.15) is 0 Å². The number of rotatable bonds is 7. The molecule has 0 bridgehead atoms. The standard InChI is InChI=1S/C16H17N3O6S/c20-9-8-17-16(22)25-14-7-6-13(10-18-14)15(21)19-26(23,24)11-12-4-2-1-3-5-12/h1-7,10,20H,8-9,11H2,(H,17,22)(H,19,21). The van der Waals surface area contributed by atoms with Crippen molar-refractivity contribution >= 4 is 22.0 Å². The molecule has 0 aliphatic carbocycles. The normalized spacial score (nSPS) is 10.8. The molecule has 0 saturated heterocycles. The van der Waals surface area contributed by atoms with Gasteiger partial charge in [0.1, 0.15) is 0 Å². The van der Waals surface area contributed by atoms with E-state index in [-0.39, 0.29) is 30.3 Å². The topological polar surface area (TPSA) is 135 Å². The minimum Gasteiger partial charge on any atom is -0.395 e. The summed E-state index contributed by atoms with van der Waals surface area (Å²) >= 11 is 0. The Balaban J connectivity index is 1.96. The molecule has 1 aromatic heterocycles. The molecule has 0 atom stereocenters. The maximum Gasteiger partial charge on any atom is 0.414 e. The molecule has 26 heavy (non-hydrogen) atoms. The van der Waals surface area contributed by atoms with Gasteiger partial charge in [-0.1, -0.05) is 30.3 Å². The van der Waals surface area contributed by atoms with Crippen molar-refractivity contribution in [1.29, 1.82) is 0 Å². The molecule has 0 fully saturated rings. The van der Waals surface area contributed by atoms with Crippen LogP contribution in [-0.2, 0) is 15.8 Å². The van der Waals surface area contributed by atoms with Crippen molar-refractivity contribution in [3.8, 4) is 5.88 Å². The van der Waals surface area contributed by atoms with Gasteiger partial charge in [-0.3, -0.25) is 4.79 Å². The molecule has 0 aliphatic rings. The van der Waals surface area contributed by atoms with E-state index in [4.69, 9.17) is 9.84 Å². The highest BCUT2D eigenvalue weighted by Crippen LogP contribution is 2.09. The zero-order valence-electron chi connectivity index (χ0n) is 13.6. The van der Waals surface area contributed by atoms with Crippen LogP contribution in [0.1, 0.15) is 15.9 Å². The molecule has 0 unspecified atom stereocenters. The van der Waals surface area contributed by atoms with Gasteiger partial charge < -0.3 is 15.2 Å². The van der Waals surface area contributed by atoms with Crippen LogP contribution in [0.15, 0.2) is 48.7 Å². The highest BCUT2D eigenvalue weighted by atomic mass is 32.2. The SMILES string of the molecule is O=C(NCCO)Oc1ccc(C(=O)NS(=O)(=O)Cc2ccccc2)cn1. The maximum atomic E-state index is 12.0. The highest BCUT2D eigenvalue weighted by Gasteiger charge is 2.17. The molecule has 2 rings (SSSR count). The fraction of sp³-hybridized carbons (Fsp3) is 0.188. The van der Waals surface area contributed by atoms with Crippen molar-refractivity contribution in [3.63, 3.8) is 0 Å². The lowest BCUT2D eigenvalue weighted by Crippen LogP contribution is -2.32. The quantitative estimate of drug-likeness (QED) is 0.634. The first kappa shape index (κ1) is 19.3. The van der Waals surface area contributed by atoms with Crippen molar-refractivity contribution < 1.29 is 27.9 Å². The van der Waals surface area contributed by atoms with Gasteiger partial charge >= 0.3 is 6.09 Å². The predicted molar refractivity (Wildman–Crippen MR) is 91.9 cm³/mol. The van der Waals surface area contributed by atoms with E-state index in [1.165, 1.54) is 12.1 Å². The molecule has 1 heterocycles. The first-order valence-electron chi connectivity index (χ1n) is 7.51. The van der Waals surface area contributed by atoms with Crippen LogP contribution in [0.5, 0.6) is 5.88 Å².